The van der Waals surface area contributed by atoms with E-state index < -0.39 is 24.3 Å². The molecular weight excluding hydrogens is 455 g/mol. The van der Waals surface area contributed by atoms with Crippen molar-refractivity contribution in [3.8, 4) is 22.1 Å². The van der Waals surface area contributed by atoms with Gasteiger partial charge in [-0.25, -0.2) is 9.78 Å². The van der Waals surface area contributed by atoms with E-state index in [2.05, 4.69) is 4.98 Å². The first-order chi connectivity index (χ1) is 15.5. The second-order valence-corrected chi connectivity index (χ2v) is 8.90. The highest BCUT2D eigenvalue weighted by molar-refractivity contribution is 7.15. The number of hydrogen-bond acceptors (Lipinski definition) is 5. The summed E-state index contributed by atoms with van der Waals surface area (Å²) in [7, 11) is 0. The van der Waals surface area contributed by atoms with Gasteiger partial charge in [0.2, 0.25) is 0 Å². The van der Waals surface area contributed by atoms with Crippen molar-refractivity contribution in [1.29, 1.82) is 0 Å². The summed E-state index contributed by atoms with van der Waals surface area (Å²) in [5, 5.41) is 9.40. The molecule has 1 atom stereocenters. The van der Waals surface area contributed by atoms with Crippen molar-refractivity contribution >= 4 is 17.3 Å². The molecule has 0 fully saturated rings. The number of halogens is 3. The molecule has 0 aliphatic rings. The number of hydrogen-bond donors (Lipinski definition) is 1. The zero-order valence-electron chi connectivity index (χ0n) is 18.6. The molecule has 1 N–H and O–H groups in total. The largest absolute Gasteiger partial charge is 0.485 e. The lowest BCUT2D eigenvalue weighted by Gasteiger charge is -2.17. The van der Waals surface area contributed by atoms with Crippen LogP contribution in [0, 0.1) is 6.92 Å². The van der Waals surface area contributed by atoms with Crippen LogP contribution < -0.4 is 9.47 Å². The molecule has 9 heteroatoms. The standard InChI is InChI=1S/C24H24F3NO4S/c1-13(2)21-22(33-23(28-21)16-5-7-17(8-6-16)24(25,26)27)15(4)32-18-9-10-19(14(3)11-18)31-12-20(29)30/h5-11,13,15H,12H2,1-4H3,(H,29,30). The van der Waals surface area contributed by atoms with E-state index in [0.717, 1.165) is 28.3 Å². The molecule has 3 aromatic rings. The van der Waals surface area contributed by atoms with Crippen LogP contribution in [0.5, 0.6) is 11.5 Å². The minimum absolute atomic E-state index is 0.0963. The van der Waals surface area contributed by atoms with Crippen molar-refractivity contribution < 1.29 is 32.5 Å². The average molecular weight is 480 g/mol. The first kappa shape index (κ1) is 24.6. The van der Waals surface area contributed by atoms with Gasteiger partial charge in [-0.3, -0.25) is 0 Å². The lowest BCUT2D eigenvalue weighted by atomic mass is 10.1. The Labute approximate surface area is 193 Å². The van der Waals surface area contributed by atoms with E-state index in [1.165, 1.54) is 23.5 Å². The summed E-state index contributed by atoms with van der Waals surface area (Å²) in [6.07, 6.45) is -4.74. The lowest BCUT2D eigenvalue weighted by molar-refractivity contribution is -0.139. The molecule has 33 heavy (non-hydrogen) atoms. The minimum Gasteiger partial charge on any atom is -0.485 e. The van der Waals surface area contributed by atoms with E-state index in [0.29, 0.717) is 22.1 Å². The van der Waals surface area contributed by atoms with Gasteiger partial charge >= 0.3 is 12.1 Å². The topological polar surface area (TPSA) is 68.7 Å². The maximum atomic E-state index is 12.9. The van der Waals surface area contributed by atoms with Crippen LogP contribution in [0.4, 0.5) is 13.2 Å². The molecule has 1 aromatic heterocycles. The Morgan fingerprint density at radius 3 is 2.33 bits per heavy atom. The fraction of sp³-hybridized carbons (Fsp3) is 0.333. The van der Waals surface area contributed by atoms with Crippen molar-refractivity contribution in [2.75, 3.05) is 6.61 Å². The third kappa shape index (κ3) is 6.04. The summed E-state index contributed by atoms with van der Waals surface area (Å²) in [6, 6.07) is 10.1. The number of rotatable bonds is 8. The first-order valence-corrected chi connectivity index (χ1v) is 11.1. The molecule has 2 aromatic carbocycles. The Kier molecular flexibility index (Phi) is 7.31. The van der Waals surface area contributed by atoms with Crippen LogP contribution in [0.2, 0.25) is 0 Å². The van der Waals surface area contributed by atoms with Crippen molar-refractivity contribution in [2.45, 2.75) is 45.9 Å². The zero-order valence-corrected chi connectivity index (χ0v) is 19.4. The van der Waals surface area contributed by atoms with E-state index in [-0.39, 0.29) is 12.0 Å². The summed E-state index contributed by atoms with van der Waals surface area (Å²) < 4.78 is 50.0. The summed E-state index contributed by atoms with van der Waals surface area (Å²) in [6.45, 7) is 7.26. The van der Waals surface area contributed by atoms with Crippen molar-refractivity contribution in [1.82, 2.24) is 4.98 Å². The van der Waals surface area contributed by atoms with Crippen molar-refractivity contribution in [3.05, 3.63) is 64.2 Å². The summed E-state index contributed by atoms with van der Waals surface area (Å²) >= 11 is 1.39. The van der Waals surface area contributed by atoms with E-state index >= 15 is 0 Å². The number of aliphatic carboxylic acids is 1. The predicted octanol–water partition coefficient (Wildman–Crippen LogP) is 6.86. The fourth-order valence-electron chi connectivity index (χ4n) is 3.23. The third-order valence-corrected chi connectivity index (χ3v) is 6.15. The molecule has 0 saturated carbocycles. The van der Waals surface area contributed by atoms with Gasteiger partial charge in [-0.2, -0.15) is 13.2 Å². The number of aromatic nitrogens is 1. The van der Waals surface area contributed by atoms with Crippen molar-refractivity contribution in [3.63, 3.8) is 0 Å². The predicted molar refractivity (Wildman–Crippen MR) is 120 cm³/mol. The van der Waals surface area contributed by atoms with Gasteiger partial charge in [-0.05, 0) is 55.7 Å². The summed E-state index contributed by atoms with van der Waals surface area (Å²) in [5.41, 5.74) is 1.49. The summed E-state index contributed by atoms with van der Waals surface area (Å²) in [5.74, 6) is 0.0853. The molecule has 1 unspecified atom stereocenters. The zero-order chi connectivity index (χ0) is 24.3. The number of alkyl halides is 3. The molecule has 0 spiro atoms. The Bertz CT molecular complexity index is 1120. The van der Waals surface area contributed by atoms with Crippen LogP contribution in [0.15, 0.2) is 42.5 Å². The molecule has 5 nitrogen and oxygen atoms in total. The van der Waals surface area contributed by atoms with Gasteiger partial charge in [0.1, 0.15) is 22.6 Å². The Balaban J connectivity index is 1.83. The van der Waals surface area contributed by atoms with Crippen LogP contribution in [0.25, 0.3) is 10.6 Å². The first-order valence-electron chi connectivity index (χ1n) is 10.3. The molecule has 1 heterocycles. The number of thiazole rings is 1. The van der Waals surface area contributed by atoms with Gasteiger partial charge in [0.25, 0.3) is 0 Å². The highest BCUT2D eigenvalue weighted by atomic mass is 32.1. The Morgan fingerprint density at radius 2 is 1.79 bits per heavy atom. The van der Waals surface area contributed by atoms with Gasteiger partial charge < -0.3 is 14.6 Å². The lowest BCUT2D eigenvalue weighted by Crippen LogP contribution is -2.10. The number of carbonyl (C=O) groups is 1. The van der Waals surface area contributed by atoms with Crippen LogP contribution in [-0.4, -0.2) is 22.7 Å². The van der Waals surface area contributed by atoms with E-state index in [1.54, 1.807) is 25.1 Å². The molecule has 0 amide bonds. The number of carboxylic acids is 1. The molecule has 3 rings (SSSR count). The number of nitrogens with zero attached hydrogens (tertiary/aromatic N) is 1. The van der Waals surface area contributed by atoms with E-state index in [1.807, 2.05) is 20.8 Å². The maximum absolute atomic E-state index is 12.9. The molecule has 176 valence electrons. The van der Waals surface area contributed by atoms with Gasteiger partial charge in [-0.15, -0.1) is 11.3 Å². The molecule has 0 saturated heterocycles. The quantitative estimate of drug-likeness (QED) is 0.382. The van der Waals surface area contributed by atoms with Gasteiger partial charge in [0.15, 0.2) is 6.61 Å². The minimum atomic E-state index is -4.38. The van der Waals surface area contributed by atoms with Crippen LogP contribution in [-0.2, 0) is 11.0 Å². The van der Waals surface area contributed by atoms with Crippen LogP contribution in [0.1, 0.15) is 54.5 Å². The highest BCUT2D eigenvalue weighted by Crippen LogP contribution is 2.38. The van der Waals surface area contributed by atoms with Gasteiger partial charge in [-0.1, -0.05) is 26.0 Å². The molecule has 0 bridgehead atoms. The number of ether oxygens (including phenoxy) is 2. The SMILES string of the molecule is Cc1cc(OC(C)c2sc(-c3ccc(C(F)(F)F)cc3)nc2C(C)C)ccc1OCC(=O)O. The third-order valence-electron chi connectivity index (χ3n) is 4.87. The number of aryl methyl sites for hydroxylation is 1. The normalized spacial score (nSPS) is 12.6. The fourth-order valence-corrected chi connectivity index (χ4v) is 4.43. The summed E-state index contributed by atoms with van der Waals surface area (Å²) in [4.78, 5) is 16.3. The highest BCUT2D eigenvalue weighted by Gasteiger charge is 2.30. The van der Waals surface area contributed by atoms with Crippen molar-refractivity contribution in [2.24, 2.45) is 0 Å². The molecular formula is C24H24F3NO4S. The van der Waals surface area contributed by atoms with E-state index in [4.69, 9.17) is 14.6 Å². The van der Waals surface area contributed by atoms with E-state index in [9.17, 15) is 18.0 Å². The number of carboxylic acid groups (broad SMARTS) is 1. The molecule has 0 aliphatic heterocycles. The smallest absolute Gasteiger partial charge is 0.416 e. The van der Waals surface area contributed by atoms with Gasteiger partial charge in [0, 0.05) is 5.56 Å². The van der Waals surface area contributed by atoms with Crippen LogP contribution >= 0.6 is 11.3 Å². The monoisotopic (exact) mass is 479 g/mol. The average Bonchev–Trinajstić information content (AvgIpc) is 3.18. The molecule has 0 aliphatic carbocycles. The second kappa shape index (κ2) is 9.82. The Hall–Kier alpha value is -3.07. The number of benzene rings is 2. The van der Waals surface area contributed by atoms with Crippen LogP contribution in [0.3, 0.4) is 0 Å². The van der Waals surface area contributed by atoms with Gasteiger partial charge in [0.05, 0.1) is 16.1 Å². The maximum Gasteiger partial charge on any atom is 0.416 e. The molecule has 0 radical (unpaired) electrons. The Morgan fingerprint density at radius 1 is 1.12 bits per heavy atom. The second-order valence-electron chi connectivity index (χ2n) is 7.87.